The van der Waals surface area contributed by atoms with Crippen LogP contribution in [-0.4, -0.2) is 47.4 Å². The van der Waals surface area contributed by atoms with Gasteiger partial charge in [-0.05, 0) is 67.3 Å². The van der Waals surface area contributed by atoms with Crippen LogP contribution < -0.4 is 10.1 Å². The van der Waals surface area contributed by atoms with Gasteiger partial charge in [-0.2, -0.15) is 0 Å². The summed E-state index contributed by atoms with van der Waals surface area (Å²) < 4.78 is 5.29. The first-order chi connectivity index (χ1) is 17.9. The standard InChI is InChI=1S/C29H27Cl2N3O3/c1-37-25-7-8-26-19(14-25)15-27(33-26)28(35)32-23-9-10-34(24(17-23)11-18-5-3-2-4-6-18)29(36)20-12-21(30)16-22(31)13-20/h2-8,12-16,23-24,33H,9-11,17H2,1H3,(H,32,35). The monoisotopic (exact) mass is 535 g/mol. The summed E-state index contributed by atoms with van der Waals surface area (Å²) in [5.41, 5.74) is 2.96. The van der Waals surface area contributed by atoms with E-state index in [1.807, 2.05) is 47.4 Å². The third kappa shape index (κ3) is 5.76. The van der Waals surface area contributed by atoms with Crippen molar-refractivity contribution in [1.29, 1.82) is 0 Å². The van der Waals surface area contributed by atoms with E-state index in [-0.39, 0.29) is 23.9 Å². The highest BCUT2D eigenvalue weighted by Gasteiger charge is 2.33. The maximum absolute atomic E-state index is 13.5. The lowest BCUT2D eigenvalue weighted by atomic mass is 9.91. The van der Waals surface area contributed by atoms with Crippen LogP contribution in [0.15, 0.2) is 72.8 Å². The van der Waals surface area contributed by atoms with Crippen molar-refractivity contribution in [2.75, 3.05) is 13.7 Å². The molecule has 2 atom stereocenters. The fraction of sp³-hybridized carbons (Fsp3) is 0.241. The summed E-state index contributed by atoms with van der Waals surface area (Å²) in [5.74, 6) is 0.458. The van der Waals surface area contributed by atoms with E-state index >= 15 is 0 Å². The molecule has 0 saturated carbocycles. The number of aromatic nitrogens is 1. The van der Waals surface area contributed by atoms with Crippen molar-refractivity contribution >= 4 is 45.9 Å². The van der Waals surface area contributed by atoms with E-state index in [2.05, 4.69) is 22.4 Å². The van der Waals surface area contributed by atoms with E-state index in [1.165, 1.54) is 0 Å². The molecule has 0 radical (unpaired) electrons. The Hall–Kier alpha value is -3.48. The van der Waals surface area contributed by atoms with Gasteiger partial charge in [0.25, 0.3) is 11.8 Å². The second-order valence-corrected chi connectivity index (χ2v) is 10.2. The number of likely N-dealkylation sites (tertiary alicyclic amines) is 1. The smallest absolute Gasteiger partial charge is 0.267 e. The highest BCUT2D eigenvalue weighted by molar-refractivity contribution is 6.35. The van der Waals surface area contributed by atoms with Crippen LogP contribution in [0, 0.1) is 0 Å². The van der Waals surface area contributed by atoms with Gasteiger partial charge in [-0.15, -0.1) is 0 Å². The summed E-state index contributed by atoms with van der Waals surface area (Å²) in [6.45, 7) is 0.509. The molecule has 0 aliphatic carbocycles. The van der Waals surface area contributed by atoms with Gasteiger partial charge in [-0.25, -0.2) is 0 Å². The molecule has 2 heterocycles. The van der Waals surface area contributed by atoms with Gasteiger partial charge in [-0.1, -0.05) is 53.5 Å². The number of methoxy groups -OCH3 is 1. The number of hydrogen-bond acceptors (Lipinski definition) is 3. The summed E-state index contributed by atoms with van der Waals surface area (Å²) in [5, 5.41) is 4.93. The number of H-pyrrole nitrogens is 1. The van der Waals surface area contributed by atoms with Crippen molar-refractivity contribution < 1.29 is 14.3 Å². The number of hydrogen-bond donors (Lipinski definition) is 2. The van der Waals surface area contributed by atoms with E-state index in [0.717, 1.165) is 22.2 Å². The molecule has 0 spiro atoms. The SMILES string of the molecule is COc1ccc2[nH]c(C(=O)NC3CCN(C(=O)c4cc(Cl)cc(Cl)c4)C(Cc4ccccc4)C3)cc2c1. The largest absolute Gasteiger partial charge is 0.497 e. The van der Waals surface area contributed by atoms with E-state index < -0.39 is 0 Å². The minimum absolute atomic E-state index is 0.0749. The molecule has 1 saturated heterocycles. The summed E-state index contributed by atoms with van der Waals surface area (Å²) in [7, 11) is 1.62. The van der Waals surface area contributed by atoms with E-state index in [9.17, 15) is 9.59 Å². The summed E-state index contributed by atoms with van der Waals surface area (Å²) in [6.07, 6.45) is 1.96. The van der Waals surface area contributed by atoms with Gasteiger partial charge in [0.15, 0.2) is 0 Å². The maximum atomic E-state index is 13.5. The number of fused-ring (bicyclic) bond motifs is 1. The molecule has 3 aromatic carbocycles. The fourth-order valence-corrected chi connectivity index (χ4v) is 5.52. The van der Waals surface area contributed by atoms with Crippen LogP contribution in [-0.2, 0) is 6.42 Å². The predicted molar refractivity (Wildman–Crippen MR) is 147 cm³/mol. The third-order valence-electron chi connectivity index (χ3n) is 6.81. The van der Waals surface area contributed by atoms with Gasteiger partial charge in [0.2, 0.25) is 0 Å². The van der Waals surface area contributed by atoms with Crippen molar-refractivity contribution in [3.8, 4) is 5.75 Å². The normalized spacial score (nSPS) is 17.5. The highest BCUT2D eigenvalue weighted by Crippen LogP contribution is 2.27. The minimum atomic E-state index is -0.167. The van der Waals surface area contributed by atoms with Gasteiger partial charge in [-0.3, -0.25) is 9.59 Å². The van der Waals surface area contributed by atoms with Gasteiger partial charge < -0.3 is 19.9 Å². The number of carbonyl (C=O) groups is 2. The Bertz CT molecular complexity index is 1420. The Kier molecular flexibility index (Phi) is 7.40. The van der Waals surface area contributed by atoms with Crippen LogP contribution in [0.4, 0.5) is 0 Å². The molecule has 1 aromatic heterocycles. The van der Waals surface area contributed by atoms with Crippen LogP contribution in [0.1, 0.15) is 39.3 Å². The first-order valence-corrected chi connectivity index (χ1v) is 12.9. The van der Waals surface area contributed by atoms with Crippen LogP contribution >= 0.6 is 23.2 Å². The fourth-order valence-electron chi connectivity index (χ4n) is 5.00. The average Bonchev–Trinajstić information content (AvgIpc) is 3.32. The van der Waals surface area contributed by atoms with Crippen molar-refractivity contribution in [2.24, 2.45) is 0 Å². The molecule has 4 aromatic rings. The number of piperidine rings is 1. The molecule has 190 valence electrons. The number of rotatable bonds is 6. The Labute approximate surface area is 225 Å². The topological polar surface area (TPSA) is 74.4 Å². The second kappa shape index (κ2) is 10.9. The number of amides is 2. The van der Waals surface area contributed by atoms with Crippen LogP contribution in [0.2, 0.25) is 10.0 Å². The molecule has 0 bridgehead atoms. The molecule has 2 N–H and O–H groups in total. The van der Waals surface area contributed by atoms with E-state index in [0.29, 0.717) is 47.1 Å². The third-order valence-corrected chi connectivity index (χ3v) is 7.24. The van der Waals surface area contributed by atoms with Gasteiger partial charge in [0.1, 0.15) is 11.4 Å². The first-order valence-electron chi connectivity index (χ1n) is 12.2. The van der Waals surface area contributed by atoms with Crippen LogP contribution in [0.5, 0.6) is 5.75 Å². The Morgan fingerprint density at radius 2 is 1.78 bits per heavy atom. The van der Waals surface area contributed by atoms with Crippen molar-refractivity contribution in [3.63, 3.8) is 0 Å². The average molecular weight is 536 g/mol. The van der Waals surface area contributed by atoms with Gasteiger partial charge in [0, 0.05) is 45.1 Å². The van der Waals surface area contributed by atoms with Crippen LogP contribution in [0.3, 0.4) is 0 Å². The molecule has 1 fully saturated rings. The predicted octanol–water partition coefficient (Wildman–Crippen LogP) is 6.13. The van der Waals surface area contributed by atoms with Crippen molar-refractivity contribution in [2.45, 2.75) is 31.3 Å². The van der Waals surface area contributed by atoms with Crippen LogP contribution in [0.25, 0.3) is 10.9 Å². The summed E-state index contributed by atoms with van der Waals surface area (Å²) in [6, 6.07) is 22.3. The highest BCUT2D eigenvalue weighted by atomic mass is 35.5. The Morgan fingerprint density at radius 3 is 2.51 bits per heavy atom. The number of carbonyl (C=O) groups excluding carboxylic acids is 2. The zero-order valence-corrected chi connectivity index (χ0v) is 21.9. The molecule has 37 heavy (non-hydrogen) atoms. The Balaban J connectivity index is 1.34. The van der Waals surface area contributed by atoms with E-state index in [4.69, 9.17) is 27.9 Å². The lowest BCUT2D eigenvalue weighted by molar-refractivity contribution is 0.0570. The molecule has 6 nitrogen and oxygen atoms in total. The molecule has 1 aliphatic rings. The zero-order valence-electron chi connectivity index (χ0n) is 20.3. The molecule has 8 heteroatoms. The van der Waals surface area contributed by atoms with E-state index in [1.54, 1.807) is 25.3 Å². The lowest BCUT2D eigenvalue weighted by Gasteiger charge is -2.40. The molecule has 2 amide bonds. The second-order valence-electron chi connectivity index (χ2n) is 9.33. The number of ether oxygens (including phenoxy) is 1. The molecule has 1 aliphatic heterocycles. The minimum Gasteiger partial charge on any atom is -0.497 e. The number of nitrogens with one attached hydrogen (secondary N) is 2. The lowest BCUT2D eigenvalue weighted by Crippen LogP contribution is -2.52. The van der Waals surface area contributed by atoms with Gasteiger partial charge >= 0.3 is 0 Å². The summed E-state index contributed by atoms with van der Waals surface area (Å²) in [4.78, 5) is 31.7. The first kappa shape index (κ1) is 25.2. The van der Waals surface area contributed by atoms with Crippen molar-refractivity contribution in [1.82, 2.24) is 15.2 Å². The zero-order chi connectivity index (χ0) is 25.9. The molecule has 2 unspecified atom stereocenters. The number of halogens is 2. The van der Waals surface area contributed by atoms with Crippen molar-refractivity contribution in [3.05, 3.63) is 99.7 Å². The molecular formula is C29H27Cl2N3O3. The number of nitrogens with zero attached hydrogens (tertiary/aromatic N) is 1. The number of benzene rings is 3. The summed E-state index contributed by atoms with van der Waals surface area (Å²) >= 11 is 12.3. The maximum Gasteiger partial charge on any atom is 0.267 e. The quantitative estimate of drug-likeness (QED) is 0.312. The molecular weight excluding hydrogens is 509 g/mol. The molecule has 5 rings (SSSR count). The van der Waals surface area contributed by atoms with Gasteiger partial charge in [0.05, 0.1) is 7.11 Å². The number of aromatic amines is 1. The Morgan fingerprint density at radius 1 is 1.03 bits per heavy atom.